The van der Waals surface area contributed by atoms with Gasteiger partial charge in [0.15, 0.2) is 0 Å². The first-order valence-corrected chi connectivity index (χ1v) is 10.1. The Kier molecular flexibility index (Phi) is 4.57. The molecule has 1 amide bonds. The number of oxazole rings is 1. The van der Waals surface area contributed by atoms with Crippen LogP contribution in [-0.2, 0) is 0 Å². The monoisotopic (exact) mass is 406 g/mol. The van der Waals surface area contributed by atoms with Gasteiger partial charge in [-0.15, -0.1) is 0 Å². The second kappa shape index (κ2) is 7.40. The van der Waals surface area contributed by atoms with Gasteiger partial charge in [-0.2, -0.15) is 10.1 Å². The molecule has 1 aliphatic heterocycles. The Morgan fingerprint density at radius 1 is 1.23 bits per heavy atom. The number of nitrogens with zero attached hydrogens (tertiary/aromatic N) is 6. The molecule has 3 aromatic heterocycles. The first-order valence-electron chi connectivity index (χ1n) is 10.1. The van der Waals surface area contributed by atoms with Crippen LogP contribution in [0.5, 0.6) is 0 Å². The van der Waals surface area contributed by atoms with Crippen LogP contribution in [0, 0.1) is 0 Å². The predicted octanol–water partition coefficient (Wildman–Crippen LogP) is 3.68. The first-order chi connectivity index (χ1) is 14.6. The topological polar surface area (TPSA) is 103 Å². The Hall–Kier alpha value is -3.49. The molecule has 1 saturated heterocycles. The van der Waals surface area contributed by atoms with E-state index in [-0.39, 0.29) is 23.8 Å². The zero-order valence-corrected chi connectivity index (χ0v) is 16.9. The van der Waals surface area contributed by atoms with E-state index in [2.05, 4.69) is 40.1 Å². The number of hydrogen-bond donors (Lipinski definition) is 0. The van der Waals surface area contributed by atoms with Crippen molar-refractivity contribution in [1.29, 1.82) is 0 Å². The molecule has 0 atom stereocenters. The Bertz CT molecular complexity index is 1170. The SMILES string of the molecule is CC(C)n1ncc2ccc(-c3noc(C4CCN(C(=O)c5ncco5)CC4)n3)cc21. The average molecular weight is 406 g/mol. The van der Waals surface area contributed by atoms with Crippen molar-refractivity contribution < 1.29 is 13.7 Å². The maximum atomic E-state index is 12.4. The standard InChI is InChI=1S/C21H22N6O3/c1-13(2)27-17-11-15(3-4-16(17)12-23-27)18-24-19(30-25-18)14-5-8-26(9-6-14)21(28)20-22-7-10-29-20/h3-4,7,10-14H,5-6,8-9H2,1-2H3. The molecule has 4 heterocycles. The number of hydrogen-bond acceptors (Lipinski definition) is 7. The molecule has 0 aliphatic carbocycles. The minimum absolute atomic E-state index is 0.129. The number of likely N-dealkylation sites (tertiary alicyclic amines) is 1. The summed E-state index contributed by atoms with van der Waals surface area (Å²) in [5.74, 6) is 1.27. The second-order valence-corrected chi connectivity index (χ2v) is 7.82. The Morgan fingerprint density at radius 2 is 2.07 bits per heavy atom. The van der Waals surface area contributed by atoms with E-state index in [9.17, 15) is 4.79 Å². The number of rotatable bonds is 4. The fourth-order valence-corrected chi connectivity index (χ4v) is 3.90. The number of benzene rings is 1. The van der Waals surface area contributed by atoms with Crippen LogP contribution in [0.4, 0.5) is 0 Å². The number of carbonyl (C=O) groups is 1. The third-order valence-electron chi connectivity index (χ3n) is 5.53. The van der Waals surface area contributed by atoms with Crippen LogP contribution in [0.25, 0.3) is 22.3 Å². The number of fused-ring (bicyclic) bond motifs is 1. The van der Waals surface area contributed by atoms with E-state index < -0.39 is 0 Å². The maximum absolute atomic E-state index is 12.4. The molecule has 0 radical (unpaired) electrons. The van der Waals surface area contributed by atoms with Gasteiger partial charge in [0.25, 0.3) is 5.89 Å². The maximum Gasteiger partial charge on any atom is 0.309 e. The number of aromatic nitrogens is 5. The van der Waals surface area contributed by atoms with Gasteiger partial charge in [-0.05, 0) is 32.8 Å². The molecule has 0 saturated carbocycles. The van der Waals surface area contributed by atoms with Crippen LogP contribution in [0.15, 0.2) is 45.8 Å². The minimum atomic E-state index is -0.181. The first kappa shape index (κ1) is 18.5. The van der Waals surface area contributed by atoms with Crippen LogP contribution >= 0.6 is 0 Å². The summed E-state index contributed by atoms with van der Waals surface area (Å²) in [4.78, 5) is 22.7. The highest BCUT2D eigenvalue weighted by molar-refractivity contribution is 5.89. The van der Waals surface area contributed by atoms with Crippen molar-refractivity contribution in [3.8, 4) is 11.4 Å². The highest BCUT2D eigenvalue weighted by Gasteiger charge is 2.29. The fourth-order valence-electron chi connectivity index (χ4n) is 3.90. The van der Waals surface area contributed by atoms with E-state index in [1.54, 1.807) is 4.90 Å². The molecule has 0 spiro atoms. The highest BCUT2D eigenvalue weighted by atomic mass is 16.5. The summed E-state index contributed by atoms with van der Waals surface area (Å²) in [6.07, 6.45) is 6.27. The van der Waals surface area contributed by atoms with Crippen molar-refractivity contribution in [2.24, 2.45) is 0 Å². The molecule has 1 fully saturated rings. The van der Waals surface area contributed by atoms with Crippen LogP contribution < -0.4 is 0 Å². The van der Waals surface area contributed by atoms with Gasteiger partial charge in [-0.25, -0.2) is 4.98 Å². The van der Waals surface area contributed by atoms with Gasteiger partial charge in [-0.3, -0.25) is 9.48 Å². The Morgan fingerprint density at radius 3 is 2.80 bits per heavy atom. The molecule has 1 aliphatic rings. The largest absolute Gasteiger partial charge is 0.441 e. The molecule has 154 valence electrons. The molecule has 5 rings (SSSR count). The van der Waals surface area contributed by atoms with Gasteiger partial charge < -0.3 is 13.8 Å². The number of carbonyl (C=O) groups excluding carboxylic acids is 1. The lowest BCUT2D eigenvalue weighted by Gasteiger charge is -2.29. The van der Waals surface area contributed by atoms with Crippen LogP contribution in [-0.4, -0.2) is 48.8 Å². The van der Waals surface area contributed by atoms with Crippen molar-refractivity contribution in [1.82, 2.24) is 29.8 Å². The highest BCUT2D eigenvalue weighted by Crippen LogP contribution is 2.30. The molecule has 0 unspecified atom stereocenters. The fraction of sp³-hybridized carbons (Fsp3) is 0.381. The molecule has 0 N–H and O–H groups in total. The van der Waals surface area contributed by atoms with E-state index in [1.807, 2.05) is 23.0 Å². The molecule has 9 nitrogen and oxygen atoms in total. The van der Waals surface area contributed by atoms with Crippen LogP contribution in [0.2, 0.25) is 0 Å². The molecule has 9 heteroatoms. The average Bonchev–Trinajstić information content (AvgIpc) is 3.53. The van der Waals surface area contributed by atoms with E-state index in [0.717, 1.165) is 29.3 Å². The van der Waals surface area contributed by atoms with E-state index in [0.29, 0.717) is 24.8 Å². The molecule has 30 heavy (non-hydrogen) atoms. The quantitative estimate of drug-likeness (QED) is 0.509. The lowest BCUT2D eigenvalue weighted by molar-refractivity contribution is 0.0664. The molecule has 1 aromatic carbocycles. The third-order valence-corrected chi connectivity index (χ3v) is 5.53. The van der Waals surface area contributed by atoms with Gasteiger partial charge in [-0.1, -0.05) is 17.3 Å². The van der Waals surface area contributed by atoms with Crippen molar-refractivity contribution in [2.45, 2.75) is 38.6 Å². The van der Waals surface area contributed by atoms with Crippen molar-refractivity contribution in [3.05, 3.63) is 48.6 Å². The summed E-state index contributed by atoms with van der Waals surface area (Å²) in [7, 11) is 0. The van der Waals surface area contributed by atoms with Gasteiger partial charge in [0.2, 0.25) is 11.7 Å². The minimum Gasteiger partial charge on any atom is -0.441 e. The van der Waals surface area contributed by atoms with E-state index in [4.69, 9.17) is 8.94 Å². The Labute approximate surface area is 172 Å². The molecule has 0 bridgehead atoms. The summed E-state index contributed by atoms with van der Waals surface area (Å²) >= 11 is 0. The van der Waals surface area contributed by atoms with Crippen molar-refractivity contribution in [2.75, 3.05) is 13.1 Å². The normalized spacial score (nSPS) is 15.4. The lowest BCUT2D eigenvalue weighted by Crippen LogP contribution is -2.38. The molecular weight excluding hydrogens is 384 g/mol. The van der Waals surface area contributed by atoms with Gasteiger partial charge >= 0.3 is 5.91 Å². The second-order valence-electron chi connectivity index (χ2n) is 7.82. The lowest BCUT2D eigenvalue weighted by atomic mass is 9.96. The molecule has 4 aromatic rings. The van der Waals surface area contributed by atoms with Crippen LogP contribution in [0.3, 0.4) is 0 Å². The summed E-state index contributed by atoms with van der Waals surface area (Å²) < 4.78 is 12.7. The van der Waals surface area contributed by atoms with Crippen molar-refractivity contribution in [3.63, 3.8) is 0 Å². The summed E-state index contributed by atoms with van der Waals surface area (Å²) in [5, 5.41) is 9.74. The zero-order chi connectivity index (χ0) is 20.7. The third kappa shape index (κ3) is 3.26. The van der Waals surface area contributed by atoms with Gasteiger partial charge in [0.05, 0.1) is 17.9 Å². The van der Waals surface area contributed by atoms with Crippen molar-refractivity contribution >= 4 is 16.8 Å². The number of piperidine rings is 1. The van der Waals surface area contributed by atoms with E-state index in [1.165, 1.54) is 12.5 Å². The van der Waals surface area contributed by atoms with Crippen LogP contribution in [0.1, 0.15) is 55.2 Å². The smallest absolute Gasteiger partial charge is 0.309 e. The Balaban J connectivity index is 1.31. The van der Waals surface area contributed by atoms with Gasteiger partial charge in [0.1, 0.15) is 6.26 Å². The summed E-state index contributed by atoms with van der Waals surface area (Å²) in [6.45, 7) is 5.40. The molecular formula is C21H22N6O3. The number of amides is 1. The predicted molar refractivity (Wildman–Crippen MR) is 108 cm³/mol. The van der Waals surface area contributed by atoms with E-state index >= 15 is 0 Å². The summed E-state index contributed by atoms with van der Waals surface area (Å²) in [6, 6.07) is 6.33. The summed E-state index contributed by atoms with van der Waals surface area (Å²) in [5.41, 5.74) is 1.95. The zero-order valence-electron chi connectivity index (χ0n) is 16.9. The van der Waals surface area contributed by atoms with Gasteiger partial charge in [0, 0.05) is 36.0 Å².